The van der Waals surface area contributed by atoms with Crippen molar-refractivity contribution in [1.29, 1.82) is 0 Å². The molecular weight excluding hydrogens is 240 g/mol. The van der Waals surface area contributed by atoms with Crippen LogP contribution in [0.3, 0.4) is 0 Å². The second-order valence-corrected chi connectivity index (χ2v) is 4.83. The predicted octanol–water partition coefficient (Wildman–Crippen LogP) is 2.08. The summed E-state index contributed by atoms with van der Waals surface area (Å²) in [6, 6.07) is 5.53. The van der Waals surface area contributed by atoms with E-state index >= 15 is 0 Å². The van der Waals surface area contributed by atoms with E-state index in [1.165, 1.54) is 0 Å². The van der Waals surface area contributed by atoms with Crippen molar-refractivity contribution in [2.24, 2.45) is 0 Å². The number of rotatable bonds is 7. The molecule has 19 heavy (non-hydrogen) atoms. The number of carbonyl (C=O) groups excluding carboxylic acids is 1. The minimum Gasteiger partial charge on any atom is -0.494 e. The van der Waals surface area contributed by atoms with Crippen LogP contribution in [0.1, 0.15) is 29.3 Å². The van der Waals surface area contributed by atoms with E-state index < -0.39 is 0 Å². The molecule has 1 aromatic rings. The van der Waals surface area contributed by atoms with Crippen molar-refractivity contribution in [2.45, 2.75) is 20.3 Å². The van der Waals surface area contributed by atoms with Gasteiger partial charge in [-0.2, -0.15) is 0 Å². The average Bonchev–Trinajstić information content (AvgIpc) is 2.36. The summed E-state index contributed by atoms with van der Waals surface area (Å²) in [4.78, 5) is 14.0. The first-order valence-electron chi connectivity index (χ1n) is 6.71. The molecule has 4 nitrogen and oxygen atoms in total. The zero-order chi connectivity index (χ0) is 14.3. The van der Waals surface area contributed by atoms with Crippen LogP contribution in [0, 0.1) is 6.92 Å². The molecule has 0 bridgehead atoms. The largest absolute Gasteiger partial charge is 0.494 e. The minimum absolute atomic E-state index is 0.0232. The summed E-state index contributed by atoms with van der Waals surface area (Å²) >= 11 is 0. The molecule has 106 valence electrons. The Labute approximate surface area is 115 Å². The van der Waals surface area contributed by atoms with Gasteiger partial charge in [-0.25, -0.2) is 0 Å². The maximum Gasteiger partial charge on any atom is 0.251 e. The van der Waals surface area contributed by atoms with Gasteiger partial charge in [-0.15, -0.1) is 0 Å². The molecule has 0 aliphatic heterocycles. The zero-order valence-electron chi connectivity index (χ0n) is 12.3. The molecule has 0 radical (unpaired) electrons. The second-order valence-electron chi connectivity index (χ2n) is 4.83. The monoisotopic (exact) mass is 264 g/mol. The van der Waals surface area contributed by atoms with Crippen LogP contribution in [-0.2, 0) is 0 Å². The van der Waals surface area contributed by atoms with E-state index in [2.05, 4.69) is 10.2 Å². The highest BCUT2D eigenvalue weighted by Crippen LogP contribution is 2.18. The Morgan fingerprint density at radius 2 is 2.11 bits per heavy atom. The van der Waals surface area contributed by atoms with Gasteiger partial charge in [-0.05, 0) is 64.7 Å². The molecule has 1 amide bonds. The molecule has 1 rings (SSSR count). The first-order valence-corrected chi connectivity index (χ1v) is 6.71. The van der Waals surface area contributed by atoms with E-state index in [-0.39, 0.29) is 5.91 Å². The minimum atomic E-state index is -0.0232. The average molecular weight is 264 g/mol. The molecule has 0 aliphatic rings. The van der Waals surface area contributed by atoms with Crippen LogP contribution in [0.15, 0.2) is 18.2 Å². The smallest absolute Gasteiger partial charge is 0.251 e. The van der Waals surface area contributed by atoms with Gasteiger partial charge in [0.05, 0.1) is 6.61 Å². The molecule has 0 saturated carbocycles. The Balaban J connectivity index is 2.50. The van der Waals surface area contributed by atoms with Crippen LogP contribution >= 0.6 is 0 Å². The fourth-order valence-electron chi connectivity index (χ4n) is 1.81. The number of hydrogen-bond acceptors (Lipinski definition) is 3. The zero-order valence-corrected chi connectivity index (χ0v) is 12.3. The molecule has 0 unspecified atom stereocenters. The molecule has 0 heterocycles. The van der Waals surface area contributed by atoms with Crippen molar-refractivity contribution in [3.05, 3.63) is 29.3 Å². The van der Waals surface area contributed by atoms with Gasteiger partial charge in [-0.3, -0.25) is 4.79 Å². The standard InChI is InChI=1S/C15H24N2O2/c1-5-19-14-8-7-13(11-12(14)2)15(18)16-9-6-10-17(3)4/h7-8,11H,5-6,9-10H2,1-4H3,(H,16,18). The number of benzene rings is 1. The van der Waals surface area contributed by atoms with E-state index in [9.17, 15) is 4.79 Å². The first kappa shape index (κ1) is 15.5. The number of amides is 1. The lowest BCUT2D eigenvalue weighted by molar-refractivity contribution is 0.0952. The summed E-state index contributed by atoms with van der Waals surface area (Å²) in [6.07, 6.45) is 0.953. The molecule has 4 heteroatoms. The first-order chi connectivity index (χ1) is 9.04. The highest BCUT2D eigenvalue weighted by atomic mass is 16.5. The van der Waals surface area contributed by atoms with Gasteiger partial charge in [0.2, 0.25) is 0 Å². The number of aryl methyl sites for hydroxylation is 1. The number of nitrogens with zero attached hydrogens (tertiary/aromatic N) is 1. The Bertz CT molecular complexity index is 417. The predicted molar refractivity (Wildman–Crippen MR) is 77.9 cm³/mol. The van der Waals surface area contributed by atoms with Crippen molar-refractivity contribution in [1.82, 2.24) is 10.2 Å². The third kappa shape index (κ3) is 5.30. The van der Waals surface area contributed by atoms with Crippen LogP contribution in [0.25, 0.3) is 0 Å². The van der Waals surface area contributed by atoms with Gasteiger partial charge in [0.15, 0.2) is 0 Å². The normalized spacial score (nSPS) is 10.6. The molecule has 0 aromatic heterocycles. The quantitative estimate of drug-likeness (QED) is 0.767. The van der Waals surface area contributed by atoms with Crippen molar-refractivity contribution in [2.75, 3.05) is 33.8 Å². The summed E-state index contributed by atoms with van der Waals surface area (Å²) in [5.41, 5.74) is 1.67. The third-order valence-corrected chi connectivity index (χ3v) is 2.80. The molecule has 0 spiro atoms. The molecular formula is C15H24N2O2. The van der Waals surface area contributed by atoms with E-state index in [1.807, 2.05) is 40.1 Å². The number of carbonyl (C=O) groups is 1. The lowest BCUT2D eigenvalue weighted by Crippen LogP contribution is -2.27. The van der Waals surface area contributed by atoms with Gasteiger partial charge in [0.25, 0.3) is 5.91 Å². The summed E-state index contributed by atoms with van der Waals surface area (Å²) in [5, 5.41) is 2.93. The molecule has 0 saturated heterocycles. The number of hydrogen-bond donors (Lipinski definition) is 1. The third-order valence-electron chi connectivity index (χ3n) is 2.80. The molecule has 1 N–H and O–H groups in total. The van der Waals surface area contributed by atoms with Gasteiger partial charge in [0.1, 0.15) is 5.75 Å². The van der Waals surface area contributed by atoms with E-state index in [1.54, 1.807) is 6.07 Å². The summed E-state index contributed by atoms with van der Waals surface area (Å²) in [5.74, 6) is 0.816. The lowest BCUT2D eigenvalue weighted by Gasteiger charge is -2.11. The van der Waals surface area contributed by atoms with Crippen molar-refractivity contribution < 1.29 is 9.53 Å². The van der Waals surface area contributed by atoms with Gasteiger partial charge in [0, 0.05) is 12.1 Å². The summed E-state index contributed by atoms with van der Waals surface area (Å²) < 4.78 is 5.46. The summed E-state index contributed by atoms with van der Waals surface area (Å²) in [7, 11) is 4.05. The van der Waals surface area contributed by atoms with E-state index in [4.69, 9.17) is 4.74 Å². The Hall–Kier alpha value is -1.55. The van der Waals surface area contributed by atoms with Crippen molar-refractivity contribution in [3.8, 4) is 5.75 Å². The highest BCUT2D eigenvalue weighted by molar-refractivity contribution is 5.94. The maximum absolute atomic E-state index is 11.9. The highest BCUT2D eigenvalue weighted by Gasteiger charge is 2.07. The SMILES string of the molecule is CCOc1ccc(C(=O)NCCCN(C)C)cc1C. The van der Waals surface area contributed by atoms with Crippen molar-refractivity contribution >= 4 is 5.91 Å². The van der Waals surface area contributed by atoms with Crippen molar-refractivity contribution in [3.63, 3.8) is 0 Å². The van der Waals surface area contributed by atoms with Gasteiger partial charge >= 0.3 is 0 Å². The Kier molecular flexibility index (Phi) is 6.36. The second kappa shape index (κ2) is 7.79. The van der Waals surface area contributed by atoms with Crippen LogP contribution in [-0.4, -0.2) is 44.6 Å². The van der Waals surface area contributed by atoms with Gasteiger partial charge < -0.3 is 15.0 Å². The van der Waals surface area contributed by atoms with E-state index in [0.717, 1.165) is 24.3 Å². The molecule has 1 aromatic carbocycles. The maximum atomic E-state index is 11.9. The van der Waals surface area contributed by atoms with Crippen LogP contribution in [0.2, 0.25) is 0 Å². The number of nitrogens with one attached hydrogen (secondary N) is 1. The van der Waals surface area contributed by atoms with Crippen LogP contribution < -0.4 is 10.1 Å². The molecule has 0 fully saturated rings. The molecule has 0 atom stereocenters. The Morgan fingerprint density at radius 1 is 1.37 bits per heavy atom. The van der Waals surface area contributed by atoms with Crippen LogP contribution in [0.5, 0.6) is 5.75 Å². The lowest BCUT2D eigenvalue weighted by atomic mass is 10.1. The fourth-order valence-corrected chi connectivity index (χ4v) is 1.81. The van der Waals surface area contributed by atoms with E-state index in [0.29, 0.717) is 18.7 Å². The topological polar surface area (TPSA) is 41.6 Å². The van der Waals surface area contributed by atoms with Crippen LogP contribution in [0.4, 0.5) is 0 Å². The fraction of sp³-hybridized carbons (Fsp3) is 0.533. The molecule has 0 aliphatic carbocycles. The van der Waals surface area contributed by atoms with Gasteiger partial charge in [-0.1, -0.05) is 0 Å². The Morgan fingerprint density at radius 3 is 2.68 bits per heavy atom. The number of ether oxygens (including phenoxy) is 1. The summed E-state index contributed by atoms with van der Waals surface area (Å²) in [6.45, 7) is 6.21.